The van der Waals surface area contributed by atoms with E-state index in [0.29, 0.717) is 25.7 Å². The summed E-state index contributed by atoms with van der Waals surface area (Å²) in [7, 11) is -9.89. The van der Waals surface area contributed by atoms with Gasteiger partial charge >= 0.3 is 39.5 Å². The van der Waals surface area contributed by atoms with E-state index in [2.05, 4.69) is 34.6 Å². The van der Waals surface area contributed by atoms with Crippen molar-refractivity contribution in [3.63, 3.8) is 0 Å². The number of ether oxygens (including phenoxy) is 4. The molecule has 19 heteroatoms. The molecule has 0 spiro atoms. The first-order valence-corrected chi connectivity index (χ1v) is 39.7. The lowest BCUT2D eigenvalue weighted by Gasteiger charge is -2.21. The number of esters is 4. The summed E-state index contributed by atoms with van der Waals surface area (Å²) in [4.78, 5) is 72.4. The van der Waals surface area contributed by atoms with Crippen molar-refractivity contribution in [2.24, 2.45) is 5.92 Å². The summed E-state index contributed by atoms with van der Waals surface area (Å²) >= 11 is 0. The van der Waals surface area contributed by atoms with E-state index >= 15 is 0 Å². The molecule has 0 aromatic heterocycles. The fourth-order valence-electron chi connectivity index (χ4n) is 10.6. The van der Waals surface area contributed by atoms with E-state index in [0.717, 1.165) is 102 Å². The maximum absolute atomic E-state index is 13.0. The van der Waals surface area contributed by atoms with Gasteiger partial charge in [0.2, 0.25) is 0 Å². The zero-order chi connectivity index (χ0) is 65.6. The number of phosphoric ester groups is 2. The molecule has 0 aliphatic carbocycles. The monoisotopic (exact) mass is 1310 g/mol. The molecule has 3 N–H and O–H groups in total. The van der Waals surface area contributed by atoms with Gasteiger partial charge in [-0.3, -0.25) is 37.3 Å². The van der Waals surface area contributed by atoms with Gasteiger partial charge in [-0.15, -0.1) is 0 Å². The third kappa shape index (κ3) is 63.2. The summed E-state index contributed by atoms with van der Waals surface area (Å²) in [5.41, 5.74) is 0. The normalized spacial score (nSPS) is 14.4. The molecule has 0 aliphatic heterocycles. The molecule has 0 fully saturated rings. The maximum atomic E-state index is 13.0. The first-order chi connectivity index (χ1) is 43.1. The molecule has 0 amide bonds. The molecule has 0 rings (SSSR count). The van der Waals surface area contributed by atoms with Gasteiger partial charge in [0.05, 0.1) is 26.4 Å². The van der Waals surface area contributed by atoms with E-state index in [4.69, 9.17) is 37.0 Å². The summed E-state index contributed by atoms with van der Waals surface area (Å²) in [5, 5.41) is 10.6. The number of aliphatic hydroxyl groups is 1. The van der Waals surface area contributed by atoms with E-state index in [1.165, 1.54) is 180 Å². The molecule has 0 aromatic carbocycles. The first kappa shape index (κ1) is 87.1. The molecule has 0 radical (unpaired) electrons. The lowest BCUT2D eigenvalue weighted by atomic mass is 9.99. The molecule has 17 nitrogen and oxygen atoms in total. The van der Waals surface area contributed by atoms with Gasteiger partial charge in [0, 0.05) is 25.7 Å². The molecule has 6 atom stereocenters. The number of hydrogen-bond acceptors (Lipinski definition) is 15. The lowest BCUT2D eigenvalue weighted by Crippen LogP contribution is -2.30. The van der Waals surface area contributed by atoms with Crippen LogP contribution in [0.25, 0.3) is 0 Å². The van der Waals surface area contributed by atoms with Crippen LogP contribution < -0.4 is 0 Å². The predicted octanol–water partition coefficient (Wildman–Crippen LogP) is 20.1. The Morgan fingerprint density at radius 1 is 0.315 bits per heavy atom. The Labute approximate surface area is 543 Å². The van der Waals surface area contributed by atoms with E-state index in [9.17, 15) is 43.2 Å². The van der Waals surface area contributed by atoms with Crippen molar-refractivity contribution < 1.29 is 80.2 Å². The van der Waals surface area contributed by atoms with Crippen molar-refractivity contribution in [1.82, 2.24) is 0 Å². The van der Waals surface area contributed by atoms with Crippen molar-refractivity contribution >= 4 is 39.5 Å². The average Bonchev–Trinajstić information content (AvgIpc) is 3.73. The third-order valence-electron chi connectivity index (χ3n) is 16.6. The van der Waals surface area contributed by atoms with Crippen LogP contribution in [-0.2, 0) is 65.4 Å². The fraction of sp³-hybridized carbons (Fsp3) is 0.943. The minimum absolute atomic E-state index is 0.106. The largest absolute Gasteiger partial charge is 0.472 e. The Balaban J connectivity index is 5.18. The molecule has 3 unspecified atom stereocenters. The number of rotatable bonds is 70. The highest BCUT2D eigenvalue weighted by atomic mass is 31.2. The maximum Gasteiger partial charge on any atom is 0.472 e. The van der Waals surface area contributed by atoms with Crippen molar-refractivity contribution in [1.29, 1.82) is 0 Å². The van der Waals surface area contributed by atoms with Crippen LogP contribution in [0.1, 0.15) is 362 Å². The van der Waals surface area contributed by atoms with Gasteiger partial charge in [-0.1, -0.05) is 311 Å². The van der Waals surface area contributed by atoms with Crippen LogP contribution in [0.3, 0.4) is 0 Å². The predicted molar refractivity (Wildman–Crippen MR) is 358 cm³/mol. The molecule has 0 aromatic rings. The van der Waals surface area contributed by atoms with Crippen LogP contribution in [0.2, 0.25) is 0 Å². The van der Waals surface area contributed by atoms with Crippen molar-refractivity contribution in [3.8, 4) is 0 Å². The number of aliphatic hydroxyl groups excluding tert-OH is 1. The van der Waals surface area contributed by atoms with E-state index < -0.39 is 97.5 Å². The summed E-state index contributed by atoms with van der Waals surface area (Å²) in [6.07, 6.45) is 50.0. The molecule has 0 saturated heterocycles. The van der Waals surface area contributed by atoms with Gasteiger partial charge in [0.1, 0.15) is 19.3 Å². The summed E-state index contributed by atoms with van der Waals surface area (Å²) in [6.45, 7) is 7.21. The fourth-order valence-corrected chi connectivity index (χ4v) is 12.2. The summed E-state index contributed by atoms with van der Waals surface area (Å²) in [5.74, 6) is -1.35. The highest BCUT2D eigenvalue weighted by Gasteiger charge is 2.30. The Bertz CT molecular complexity index is 1720. The number of hydrogen-bond donors (Lipinski definition) is 3. The molecular weight excluding hydrogens is 1170 g/mol. The van der Waals surface area contributed by atoms with Crippen LogP contribution in [0.15, 0.2) is 0 Å². The molecule has 0 bridgehead atoms. The van der Waals surface area contributed by atoms with Crippen LogP contribution in [0, 0.1) is 5.92 Å². The Kier molecular flexibility index (Phi) is 62.1. The molecule has 0 heterocycles. The molecule has 0 aliphatic rings. The SMILES string of the molecule is CCCCCCCCCCCCCCCCCCCCCC(=O)O[C@H](COC(=O)CCCCCCCCCCC(C)CC)COP(=O)(O)OC[C@@H](O)COP(=O)(O)OC[C@@H](COC(=O)CCCCCCCCCC)OC(=O)CCCCCCCCCCCC. The van der Waals surface area contributed by atoms with Crippen LogP contribution in [-0.4, -0.2) is 96.7 Å². The number of phosphoric acid groups is 2. The lowest BCUT2D eigenvalue weighted by molar-refractivity contribution is -0.161. The first-order valence-electron chi connectivity index (χ1n) is 36.7. The summed E-state index contributed by atoms with van der Waals surface area (Å²) < 4.78 is 68.2. The van der Waals surface area contributed by atoms with Gasteiger partial charge in [-0.2, -0.15) is 0 Å². The van der Waals surface area contributed by atoms with E-state index in [1.54, 1.807) is 0 Å². The molecule has 89 heavy (non-hydrogen) atoms. The van der Waals surface area contributed by atoms with Crippen molar-refractivity contribution in [2.75, 3.05) is 39.6 Å². The van der Waals surface area contributed by atoms with Crippen LogP contribution in [0.4, 0.5) is 0 Å². The number of carbonyl (C=O) groups is 4. The third-order valence-corrected chi connectivity index (χ3v) is 18.5. The minimum atomic E-state index is -4.95. The smallest absolute Gasteiger partial charge is 0.462 e. The molecular formula is C70H136O17P2. The highest BCUT2D eigenvalue weighted by molar-refractivity contribution is 7.47. The highest BCUT2D eigenvalue weighted by Crippen LogP contribution is 2.45. The van der Waals surface area contributed by atoms with Crippen LogP contribution >= 0.6 is 15.6 Å². The molecule has 0 saturated carbocycles. The van der Waals surface area contributed by atoms with Crippen LogP contribution in [0.5, 0.6) is 0 Å². The van der Waals surface area contributed by atoms with Gasteiger partial charge in [-0.25, -0.2) is 9.13 Å². The minimum Gasteiger partial charge on any atom is -0.462 e. The Morgan fingerprint density at radius 2 is 0.539 bits per heavy atom. The second-order valence-electron chi connectivity index (χ2n) is 25.5. The van der Waals surface area contributed by atoms with Gasteiger partial charge in [0.25, 0.3) is 0 Å². The number of unbranched alkanes of at least 4 members (excludes halogenated alkanes) is 41. The quantitative estimate of drug-likeness (QED) is 0.0222. The average molecular weight is 1310 g/mol. The van der Waals surface area contributed by atoms with E-state index in [1.807, 2.05) is 0 Å². The standard InChI is InChI=1S/C70H136O17P2/c1-6-10-13-16-19-22-24-25-26-27-28-29-30-31-32-34-41-46-51-56-70(75)87-66(60-81-68(73)54-49-44-39-36-35-37-42-47-52-63(5)9-4)62-85-89(78,79)83-58-64(71)57-82-88(76,77)84-61-65(59-80-67(72)53-48-43-38-21-18-15-12-8-3)86-69(74)55-50-45-40-33-23-20-17-14-11-7-2/h63-66,71H,6-62H2,1-5H3,(H,76,77)(H,78,79)/t63?,64-,65+,66+/m0/s1. The van der Waals surface area contributed by atoms with E-state index in [-0.39, 0.29) is 25.7 Å². The number of carbonyl (C=O) groups excluding carboxylic acids is 4. The zero-order valence-corrected chi connectivity index (χ0v) is 59.4. The second kappa shape index (κ2) is 63.5. The van der Waals surface area contributed by atoms with Crippen molar-refractivity contribution in [2.45, 2.75) is 380 Å². The van der Waals surface area contributed by atoms with Gasteiger partial charge in [0.15, 0.2) is 12.2 Å². The van der Waals surface area contributed by atoms with Gasteiger partial charge < -0.3 is 33.8 Å². The Hall–Kier alpha value is -1.94. The second-order valence-corrected chi connectivity index (χ2v) is 28.4. The van der Waals surface area contributed by atoms with Gasteiger partial charge in [-0.05, 0) is 31.6 Å². The summed E-state index contributed by atoms with van der Waals surface area (Å²) in [6, 6.07) is 0. The topological polar surface area (TPSA) is 237 Å². The molecule has 528 valence electrons. The van der Waals surface area contributed by atoms with Crippen molar-refractivity contribution in [3.05, 3.63) is 0 Å². The zero-order valence-electron chi connectivity index (χ0n) is 57.6. The Morgan fingerprint density at radius 3 is 0.798 bits per heavy atom.